The van der Waals surface area contributed by atoms with Crippen molar-refractivity contribution in [2.45, 2.75) is 11.4 Å². The molecule has 0 saturated heterocycles. The van der Waals surface area contributed by atoms with Crippen molar-refractivity contribution in [2.24, 2.45) is 0 Å². The van der Waals surface area contributed by atoms with E-state index in [-0.39, 0.29) is 5.91 Å². The van der Waals surface area contributed by atoms with Gasteiger partial charge in [-0.3, -0.25) is 4.79 Å². The zero-order valence-electron chi connectivity index (χ0n) is 13.8. The van der Waals surface area contributed by atoms with Gasteiger partial charge in [0, 0.05) is 24.6 Å². The van der Waals surface area contributed by atoms with Crippen LogP contribution in [0.15, 0.2) is 47.4 Å². The Morgan fingerprint density at radius 2 is 1.78 bits per heavy atom. The van der Waals surface area contributed by atoms with Crippen molar-refractivity contribution in [3.05, 3.63) is 53.6 Å². The summed E-state index contributed by atoms with van der Waals surface area (Å²) in [5, 5.41) is 0. The first kappa shape index (κ1) is 17.2. The second kappa shape index (κ2) is 7.92. The number of carbonyl (C=O) groups excluding carboxylic acids is 1. The summed E-state index contributed by atoms with van der Waals surface area (Å²) >= 11 is 1.70. The van der Waals surface area contributed by atoms with E-state index >= 15 is 0 Å². The maximum absolute atomic E-state index is 12.7. The lowest BCUT2D eigenvalue weighted by Crippen LogP contribution is -2.26. The summed E-state index contributed by atoms with van der Waals surface area (Å²) in [5.74, 6) is 1.09. The van der Waals surface area contributed by atoms with Gasteiger partial charge in [-0.05, 0) is 36.1 Å². The average molecular weight is 331 g/mol. The molecule has 0 N–H and O–H groups in total. The largest absolute Gasteiger partial charge is 0.497 e. The summed E-state index contributed by atoms with van der Waals surface area (Å²) in [7, 11) is 4.92. The van der Waals surface area contributed by atoms with Crippen molar-refractivity contribution in [2.75, 3.05) is 27.5 Å². The first-order valence-electron chi connectivity index (χ1n) is 7.19. The lowest BCUT2D eigenvalue weighted by molar-refractivity contribution is 0.0781. The fraction of sp³-hybridized carbons (Fsp3) is 0.278. The quantitative estimate of drug-likeness (QED) is 0.757. The average Bonchev–Trinajstić information content (AvgIpc) is 2.61. The third-order valence-corrected chi connectivity index (χ3v) is 4.31. The van der Waals surface area contributed by atoms with E-state index in [1.165, 1.54) is 4.90 Å². The summed E-state index contributed by atoms with van der Waals surface area (Å²) < 4.78 is 10.5. The molecule has 0 radical (unpaired) electrons. The molecule has 0 bridgehead atoms. The molecule has 0 aliphatic rings. The second-order valence-corrected chi connectivity index (χ2v) is 5.96. The number of hydrogen-bond donors (Lipinski definition) is 0. The molecule has 0 aliphatic heterocycles. The minimum atomic E-state index is -0.0848. The predicted octanol–water partition coefficient (Wildman–Crippen LogP) is 3.70. The monoisotopic (exact) mass is 331 g/mol. The van der Waals surface area contributed by atoms with Crippen molar-refractivity contribution in [3.8, 4) is 11.5 Å². The Bertz CT molecular complexity index is 670. The smallest absolute Gasteiger partial charge is 0.257 e. The molecule has 0 unspecified atom stereocenters. The van der Waals surface area contributed by atoms with E-state index in [0.717, 1.165) is 5.56 Å². The highest BCUT2D eigenvalue weighted by atomic mass is 32.2. The van der Waals surface area contributed by atoms with E-state index in [1.807, 2.05) is 18.4 Å². The van der Waals surface area contributed by atoms with Crippen LogP contribution in [0.5, 0.6) is 11.5 Å². The molecule has 0 heterocycles. The van der Waals surface area contributed by atoms with Gasteiger partial charge in [-0.2, -0.15) is 0 Å². The Morgan fingerprint density at radius 1 is 1.09 bits per heavy atom. The van der Waals surface area contributed by atoms with Gasteiger partial charge in [0.25, 0.3) is 5.91 Å². The summed E-state index contributed by atoms with van der Waals surface area (Å²) in [6.07, 6.45) is 2.04. The molecule has 23 heavy (non-hydrogen) atoms. The molecule has 1 amide bonds. The Morgan fingerprint density at radius 3 is 2.35 bits per heavy atom. The Hall–Kier alpha value is -2.14. The molecule has 2 rings (SSSR count). The van der Waals surface area contributed by atoms with Crippen LogP contribution in [0.2, 0.25) is 0 Å². The fourth-order valence-electron chi connectivity index (χ4n) is 2.26. The molecule has 0 saturated carbocycles. The second-order valence-electron chi connectivity index (χ2n) is 5.08. The van der Waals surface area contributed by atoms with Crippen LogP contribution in [-0.4, -0.2) is 38.3 Å². The summed E-state index contributed by atoms with van der Waals surface area (Å²) in [6, 6.07) is 13.4. The molecule has 122 valence electrons. The van der Waals surface area contributed by atoms with Crippen molar-refractivity contribution < 1.29 is 14.3 Å². The molecule has 4 nitrogen and oxygen atoms in total. The van der Waals surface area contributed by atoms with Crippen LogP contribution in [0.4, 0.5) is 0 Å². The molecule has 2 aromatic rings. The zero-order valence-corrected chi connectivity index (χ0v) is 14.6. The van der Waals surface area contributed by atoms with Crippen molar-refractivity contribution in [1.29, 1.82) is 0 Å². The molecule has 5 heteroatoms. The van der Waals surface area contributed by atoms with Gasteiger partial charge in [0.1, 0.15) is 11.5 Å². The van der Waals surface area contributed by atoms with Gasteiger partial charge in [0.2, 0.25) is 0 Å². The third kappa shape index (κ3) is 4.20. The predicted molar refractivity (Wildman–Crippen MR) is 93.6 cm³/mol. The van der Waals surface area contributed by atoms with E-state index in [0.29, 0.717) is 23.6 Å². The van der Waals surface area contributed by atoms with E-state index in [9.17, 15) is 4.79 Å². The number of thioether (sulfide) groups is 1. The van der Waals surface area contributed by atoms with Gasteiger partial charge in [-0.25, -0.2) is 0 Å². The van der Waals surface area contributed by atoms with Crippen LogP contribution in [-0.2, 0) is 6.54 Å². The van der Waals surface area contributed by atoms with E-state index < -0.39 is 0 Å². The maximum Gasteiger partial charge on any atom is 0.257 e. The Kier molecular flexibility index (Phi) is 5.93. The molecule has 0 spiro atoms. The first-order valence-corrected chi connectivity index (χ1v) is 8.42. The van der Waals surface area contributed by atoms with Crippen LogP contribution in [0.1, 0.15) is 15.9 Å². The standard InChI is InChI=1S/C18H21NO3S/c1-19(12-13-5-8-15(23-4)9-6-13)18(20)16-10-7-14(21-2)11-17(16)22-3/h5-11H,12H2,1-4H3. The van der Waals surface area contributed by atoms with Gasteiger partial charge in [0.15, 0.2) is 0 Å². The van der Waals surface area contributed by atoms with Crippen molar-refractivity contribution in [1.82, 2.24) is 4.90 Å². The maximum atomic E-state index is 12.7. The van der Waals surface area contributed by atoms with Crippen molar-refractivity contribution in [3.63, 3.8) is 0 Å². The highest BCUT2D eigenvalue weighted by molar-refractivity contribution is 7.98. The van der Waals surface area contributed by atoms with Crippen LogP contribution in [0.25, 0.3) is 0 Å². The van der Waals surface area contributed by atoms with Crippen molar-refractivity contribution >= 4 is 17.7 Å². The highest BCUT2D eigenvalue weighted by Gasteiger charge is 2.17. The molecule has 0 fully saturated rings. The highest BCUT2D eigenvalue weighted by Crippen LogP contribution is 2.26. The Balaban J connectivity index is 2.15. The van der Waals surface area contributed by atoms with Crippen LogP contribution in [0, 0.1) is 0 Å². The first-order chi connectivity index (χ1) is 11.1. The van der Waals surface area contributed by atoms with Crippen LogP contribution < -0.4 is 9.47 Å². The van der Waals surface area contributed by atoms with E-state index in [4.69, 9.17) is 9.47 Å². The van der Waals surface area contributed by atoms with Crippen LogP contribution in [0.3, 0.4) is 0 Å². The van der Waals surface area contributed by atoms with E-state index in [2.05, 4.69) is 12.1 Å². The lowest BCUT2D eigenvalue weighted by atomic mass is 10.1. The molecule has 0 atom stereocenters. The number of amides is 1. The summed E-state index contributed by atoms with van der Waals surface area (Å²) in [6.45, 7) is 0.544. The number of methoxy groups -OCH3 is 2. The van der Waals surface area contributed by atoms with Crippen LogP contribution >= 0.6 is 11.8 Å². The molecular weight excluding hydrogens is 310 g/mol. The number of nitrogens with zero attached hydrogens (tertiary/aromatic N) is 1. The fourth-order valence-corrected chi connectivity index (χ4v) is 2.67. The zero-order chi connectivity index (χ0) is 16.8. The van der Waals surface area contributed by atoms with Gasteiger partial charge < -0.3 is 14.4 Å². The SMILES string of the molecule is COc1ccc(C(=O)N(C)Cc2ccc(SC)cc2)c(OC)c1. The number of rotatable bonds is 6. The summed E-state index contributed by atoms with van der Waals surface area (Å²) in [4.78, 5) is 15.5. The lowest BCUT2D eigenvalue weighted by Gasteiger charge is -2.19. The Labute approximate surface area is 141 Å². The molecule has 0 aromatic heterocycles. The molecular formula is C18H21NO3S. The van der Waals surface area contributed by atoms with Gasteiger partial charge in [-0.1, -0.05) is 12.1 Å². The topological polar surface area (TPSA) is 38.8 Å². The minimum absolute atomic E-state index is 0.0848. The minimum Gasteiger partial charge on any atom is -0.497 e. The van der Waals surface area contributed by atoms with Gasteiger partial charge >= 0.3 is 0 Å². The van der Waals surface area contributed by atoms with E-state index in [1.54, 1.807) is 56.1 Å². The number of ether oxygens (including phenoxy) is 2. The number of benzene rings is 2. The third-order valence-electron chi connectivity index (χ3n) is 3.56. The van der Waals surface area contributed by atoms with Gasteiger partial charge in [0.05, 0.1) is 19.8 Å². The number of carbonyl (C=O) groups is 1. The normalized spacial score (nSPS) is 10.3. The molecule has 0 aliphatic carbocycles. The number of hydrogen-bond acceptors (Lipinski definition) is 4. The summed E-state index contributed by atoms with van der Waals surface area (Å²) in [5.41, 5.74) is 1.61. The molecule has 2 aromatic carbocycles. The van der Waals surface area contributed by atoms with Gasteiger partial charge in [-0.15, -0.1) is 11.8 Å².